The molecular weight excluding hydrogens is 561 g/mol. The minimum Gasteiger partial charge on any atom is -0.497 e. The second-order valence-corrected chi connectivity index (χ2v) is 8.64. The standard InChI is InChI=1S/C26H26IN3O5/c1-17(25(31)29-20-9-11-21(33-2)12-10-20)26(32)30-28-15-19-13-22(27)24(23(14-19)34-3)35-16-18-7-5-4-6-8-18/h4-15,17H,16H2,1-3H3,(H,29,31)(H,30,32). The normalized spacial score (nSPS) is 11.5. The van der Waals surface area contributed by atoms with Gasteiger partial charge in [-0.1, -0.05) is 30.3 Å². The number of hydrogen-bond donors (Lipinski definition) is 2. The first-order valence-electron chi connectivity index (χ1n) is 10.7. The third kappa shape index (κ3) is 7.44. The van der Waals surface area contributed by atoms with Crippen molar-refractivity contribution in [3.8, 4) is 17.2 Å². The number of amides is 2. The van der Waals surface area contributed by atoms with Crippen molar-refractivity contribution in [1.29, 1.82) is 0 Å². The van der Waals surface area contributed by atoms with Gasteiger partial charge in [0.25, 0.3) is 5.91 Å². The molecule has 0 aromatic heterocycles. The fourth-order valence-corrected chi connectivity index (χ4v) is 3.78. The van der Waals surface area contributed by atoms with Gasteiger partial charge in [-0.3, -0.25) is 9.59 Å². The summed E-state index contributed by atoms with van der Waals surface area (Å²) in [5, 5.41) is 6.69. The van der Waals surface area contributed by atoms with E-state index in [1.54, 1.807) is 44.6 Å². The summed E-state index contributed by atoms with van der Waals surface area (Å²) in [6.45, 7) is 1.92. The van der Waals surface area contributed by atoms with Crippen LogP contribution >= 0.6 is 22.6 Å². The fraction of sp³-hybridized carbons (Fsp3) is 0.192. The van der Waals surface area contributed by atoms with Crippen LogP contribution in [0.25, 0.3) is 0 Å². The predicted molar refractivity (Wildman–Crippen MR) is 143 cm³/mol. The Kier molecular flexibility index (Phi) is 9.47. The average molecular weight is 587 g/mol. The van der Waals surface area contributed by atoms with Crippen molar-refractivity contribution in [2.45, 2.75) is 13.5 Å². The number of halogens is 1. The lowest BCUT2D eigenvalue weighted by atomic mass is 10.1. The number of methoxy groups -OCH3 is 2. The lowest BCUT2D eigenvalue weighted by molar-refractivity contribution is -0.131. The molecule has 1 unspecified atom stereocenters. The number of benzene rings is 3. The van der Waals surface area contributed by atoms with E-state index in [2.05, 4.69) is 38.4 Å². The van der Waals surface area contributed by atoms with E-state index in [1.165, 1.54) is 13.1 Å². The minimum atomic E-state index is -0.947. The lowest BCUT2D eigenvalue weighted by Crippen LogP contribution is -2.34. The Balaban J connectivity index is 1.58. The van der Waals surface area contributed by atoms with Crippen LogP contribution in [0.4, 0.5) is 5.69 Å². The van der Waals surface area contributed by atoms with Crippen LogP contribution in [0.1, 0.15) is 18.1 Å². The summed E-state index contributed by atoms with van der Waals surface area (Å²) >= 11 is 2.16. The molecule has 2 N–H and O–H groups in total. The molecule has 0 heterocycles. The van der Waals surface area contributed by atoms with Gasteiger partial charge in [-0.25, -0.2) is 5.43 Å². The number of ether oxygens (including phenoxy) is 3. The number of rotatable bonds is 10. The van der Waals surface area contributed by atoms with E-state index in [-0.39, 0.29) is 0 Å². The van der Waals surface area contributed by atoms with E-state index in [0.29, 0.717) is 35.1 Å². The number of nitrogens with zero attached hydrogens (tertiary/aromatic N) is 1. The van der Waals surface area contributed by atoms with Gasteiger partial charge < -0.3 is 19.5 Å². The molecule has 0 aliphatic carbocycles. The van der Waals surface area contributed by atoms with Crippen molar-refractivity contribution >= 4 is 46.3 Å². The van der Waals surface area contributed by atoms with Crippen LogP contribution in [0.15, 0.2) is 71.8 Å². The molecule has 0 bridgehead atoms. The molecular formula is C26H26IN3O5. The zero-order chi connectivity index (χ0) is 25.2. The summed E-state index contributed by atoms with van der Waals surface area (Å²) in [6.07, 6.45) is 1.48. The third-order valence-corrected chi connectivity index (χ3v) is 5.81. The van der Waals surface area contributed by atoms with Crippen LogP contribution in [0.2, 0.25) is 0 Å². The predicted octanol–water partition coefficient (Wildman–Crippen LogP) is 4.61. The molecule has 3 aromatic carbocycles. The maximum atomic E-state index is 12.4. The van der Waals surface area contributed by atoms with Crippen molar-refractivity contribution in [3.63, 3.8) is 0 Å². The highest BCUT2D eigenvalue weighted by molar-refractivity contribution is 14.1. The van der Waals surface area contributed by atoms with Gasteiger partial charge in [0.2, 0.25) is 5.91 Å². The largest absolute Gasteiger partial charge is 0.497 e. The van der Waals surface area contributed by atoms with Crippen LogP contribution in [0.3, 0.4) is 0 Å². The highest BCUT2D eigenvalue weighted by Gasteiger charge is 2.21. The summed E-state index contributed by atoms with van der Waals surface area (Å²) < 4.78 is 17.4. The fourth-order valence-electron chi connectivity index (χ4n) is 3.00. The number of hydrogen-bond acceptors (Lipinski definition) is 6. The zero-order valence-electron chi connectivity index (χ0n) is 19.6. The van der Waals surface area contributed by atoms with E-state index in [1.807, 2.05) is 36.4 Å². The lowest BCUT2D eigenvalue weighted by Gasteiger charge is -2.14. The molecule has 0 saturated carbocycles. The third-order valence-electron chi connectivity index (χ3n) is 5.01. The van der Waals surface area contributed by atoms with Crippen LogP contribution in [-0.4, -0.2) is 32.2 Å². The number of hydrazone groups is 1. The summed E-state index contributed by atoms with van der Waals surface area (Å²) in [4.78, 5) is 24.8. The average Bonchev–Trinajstić information content (AvgIpc) is 2.88. The maximum Gasteiger partial charge on any atom is 0.252 e. The van der Waals surface area contributed by atoms with E-state index in [0.717, 1.165) is 9.13 Å². The Morgan fingerprint density at radius 1 is 1.00 bits per heavy atom. The highest BCUT2D eigenvalue weighted by Crippen LogP contribution is 2.34. The van der Waals surface area contributed by atoms with E-state index in [4.69, 9.17) is 14.2 Å². The van der Waals surface area contributed by atoms with E-state index < -0.39 is 17.7 Å². The summed E-state index contributed by atoms with van der Waals surface area (Å²) in [6, 6.07) is 20.3. The highest BCUT2D eigenvalue weighted by atomic mass is 127. The van der Waals surface area contributed by atoms with Crippen LogP contribution in [-0.2, 0) is 16.2 Å². The van der Waals surface area contributed by atoms with Crippen molar-refractivity contribution < 1.29 is 23.8 Å². The Labute approximate surface area is 217 Å². The van der Waals surface area contributed by atoms with Gasteiger partial charge in [-0.15, -0.1) is 0 Å². The molecule has 2 amide bonds. The van der Waals surface area contributed by atoms with Gasteiger partial charge in [0.05, 0.1) is 24.0 Å². The summed E-state index contributed by atoms with van der Waals surface area (Å²) in [5.74, 6) is -0.0755. The summed E-state index contributed by atoms with van der Waals surface area (Å²) in [7, 11) is 3.12. The van der Waals surface area contributed by atoms with Gasteiger partial charge in [-0.05, 0) is 77.0 Å². The van der Waals surface area contributed by atoms with Gasteiger partial charge >= 0.3 is 0 Å². The second-order valence-electron chi connectivity index (χ2n) is 7.48. The maximum absolute atomic E-state index is 12.4. The zero-order valence-corrected chi connectivity index (χ0v) is 21.7. The van der Waals surface area contributed by atoms with Crippen molar-refractivity contribution in [1.82, 2.24) is 5.43 Å². The SMILES string of the molecule is COc1ccc(NC(=O)C(C)C(=O)NN=Cc2cc(I)c(OCc3ccccc3)c(OC)c2)cc1. The molecule has 3 aromatic rings. The molecule has 0 aliphatic heterocycles. The number of carbonyl (C=O) groups excluding carboxylic acids is 2. The molecule has 3 rings (SSSR count). The first-order valence-corrected chi connectivity index (χ1v) is 11.8. The van der Waals surface area contributed by atoms with Crippen LogP contribution in [0, 0.1) is 9.49 Å². The van der Waals surface area contributed by atoms with Crippen molar-refractivity contribution in [2.75, 3.05) is 19.5 Å². The van der Waals surface area contributed by atoms with Gasteiger partial charge in [0.1, 0.15) is 18.3 Å². The van der Waals surface area contributed by atoms with E-state index in [9.17, 15) is 9.59 Å². The number of carbonyl (C=O) groups is 2. The van der Waals surface area contributed by atoms with Crippen molar-refractivity contribution in [2.24, 2.45) is 11.0 Å². The first kappa shape index (κ1) is 26.0. The second kappa shape index (κ2) is 12.7. The molecule has 0 fully saturated rings. The molecule has 9 heteroatoms. The summed E-state index contributed by atoms with van der Waals surface area (Å²) in [5.41, 5.74) is 4.72. The smallest absolute Gasteiger partial charge is 0.252 e. The number of nitrogens with one attached hydrogen (secondary N) is 2. The first-order chi connectivity index (χ1) is 16.9. The topological polar surface area (TPSA) is 98.2 Å². The Morgan fingerprint density at radius 3 is 2.37 bits per heavy atom. The van der Waals surface area contributed by atoms with Gasteiger partial charge in [0.15, 0.2) is 11.5 Å². The van der Waals surface area contributed by atoms with E-state index >= 15 is 0 Å². The quantitative estimate of drug-likeness (QED) is 0.156. The molecule has 35 heavy (non-hydrogen) atoms. The minimum absolute atomic E-state index is 0.410. The Bertz CT molecular complexity index is 1180. The number of anilines is 1. The molecule has 0 aliphatic rings. The van der Waals surface area contributed by atoms with Gasteiger partial charge in [0, 0.05) is 5.69 Å². The molecule has 0 saturated heterocycles. The molecule has 182 valence electrons. The molecule has 1 atom stereocenters. The molecule has 0 spiro atoms. The molecule has 0 radical (unpaired) electrons. The Morgan fingerprint density at radius 2 is 1.71 bits per heavy atom. The van der Waals surface area contributed by atoms with Gasteiger partial charge in [-0.2, -0.15) is 5.10 Å². The monoisotopic (exact) mass is 587 g/mol. The van der Waals surface area contributed by atoms with Crippen LogP contribution in [0.5, 0.6) is 17.2 Å². The van der Waals surface area contributed by atoms with Crippen molar-refractivity contribution in [3.05, 3.63) is 81.4 Å². The molecule has 8 nitrogen and oxygen atoms in total. The Hall–Kier alpha value is -3.60. The van der Waals surface area contributed by atoms with Crippen LogP contribution < -0.4 is 25.0 Å².